The lowest BCUT2D eigenvalue weighted by molar-refractivity contribution is -0.0747. The lowest BCUT2D eigenvalue weighted by Gasteiger charge is -2.56. The summed E-state index contributed by atoms with van der Waals surface area (Å²) in [5.41, 5.74) is 0.0333. The molecule has 4 bridgehead atoms. The molecular weight excluding hydrogens is 482 g/mol. The van der Waals surface area contributed by atoms with Gasteiger partial charge in [0.15, 0.2) is 15.6 Å². The van der Waals surface area contributed by atoms with Crippen LogP contribution in [0.1, 0.15) is 48.9 Å². The van der Waals surface area contributed by atoms with Crippen molar-refractivity contribution in [2.45, 2.75) is 38.5 Å². The number of carbonyl (C=O) groups excluding carboxylic acids is 1. The van der Waals surface area contributed by atoms with E-state index in [4.69, 9.17) is 4.74 Å². The summed E-state index contributed by atoms with van der Waals surface area (Å²) in [5, 5.41) is 0. The summed E-state index contributed by atoms with van der Waals surface area (Å²) < 4.78 is 43.8. The molecule has 1 aromatic carbocycles. The third kappa shape index (κ3) is 4.18. The Bertz CT molecular complexity index is 845. The summed E-state index contributed by atoms with van der Waals surface area (Å²) in [5.74, 6) is 0.794. The van der Waals surface area contributed by atoms with Crippen molar-refractivity contribution < 1.29 is 22.3 Å². The predicted octanol–water partition coefficient (Wildman–Crippen LogP) is 4.25. The van der Waals surface area contributed by atoms with Crippen LogP contribution < -0.4 is 4.74 Å². The number of sulfone groups is 1. The number of carbonyl (C=O) groups is 1. The smallest absolute Gasteiger partial charge is 0.180 e. The van der Waals surface area contributed by atoms with Crippen molar-refractivity contribution in [3.63, 3.8) is 0 Å². The monoisotopic (exact) mass is 506 g/mol. The Morgan fingerprint density at radius 1 is 1.19 bits per heavy atom. The Kier molecular flexibility index (Phi) is 5.06. The van der Waals surface area contributed by atoms with E-state index in [2.05, 4.69) is 0 Å². The van der Waals surface area contributed by atoms with Gasteiger partial charge >= 0.3 is 0 Å². The largest absolute Gasteiger partial charge is 0.492 e. The number of hydrogen-bond acceptors (Lipinski definition) is 4. The second kappa shape index (κ2) is 6.97. The molecule has 4 fully saturated rings. The molecule has 4 aliphatic rings. The lowest BCUT2D eigenvalue weighted by atomic mass is 9.50. The maximum atomic E-state index is 14.4. The average molecular weight is 506 g/mol. The molecule has 0 atom stereocenters. The second-order valence-corrected chi connectivity index (χ2v) is 12.3. The summed E-state index contributed by atoms with van der Waals surface area (Å²) in [4.78, 5) is 12.1. The van der Waals surface area contributed by atoms with E-state index in [9.17, 15) is 17.6 Å². The fourth-order valence-corrected chi connectivity index (χ4v) is 7.12. The van der Waals surface area contributed by atoms with Gasteiger partial charge in [-0.15, -0.1) is 0 Å². The minimum atomic E-state index is -3.50. The van der Waals surface area contributed by atoms with Gasteiger partial charge in [0.2, 0.25) is 0 Å². The number of ketones is 1. The molecule has 0 saturated heterocycles. The molecule has 4 aliphatic carbocycles. The SMILES string of the molecule is CS(=O)(=O)CC(=O)c1cc(I)c(OCC23CC4CC(CC(C4)C2)C3)cc1F. The highest BCUT2D eigenvalue weighted by Gasteiger charge is 2.51. The zero-order valence-corrected chi connectivity index (χ0v) is 18.3. The summed E-state index contributed by atoms with van der Waals surface area (Å²) in [6, 6.07) is 2.64. The van der Waals surface area contributed by atoms with Crippen molar-refractivity contribution in [3.05, 3.63) is 27.1 Å². The van der Waals surface area contributed by atoms with Gasteiger partial charge in [-0.05, 0) is 84.9 Å². The van der Waals surface area contributed by atoms with E-state index >= 15 is 0 Å². The summed E-state index contributed by atoms with van der Waals surface area (Å²) in [7, 11) is -3.50. The van der Waals surface area contributed by atoms with Crippen molar-refractivity contribution >= 4 is 38.2 Å². The van der Waals surface area contributed by atoms with Crippen LogP contribution >= 0.6 is 22.6 Å². The first-order chi connectivity index (χ1) is 12.6. The number of ether oxygens (including phenoxy) is 1. The van der Waals surface area contributed by atoms with Crippen LogP contribution in [0.25, 0.3) is 0 Å². The fraction of sp³-hybridized carbons (Fsp3) is 0.650. The van der Waals surface area contributed by atoms with Crippen LogP contribution in [0.2, 0.25) is 0 Å². The lowest BCUT2D eigenvalue weighted by Crippen LogP contribution is -2.48. The van der Waals surface area contributed by atoms with Gasteiger partial charge in [-0.25, -0.2) is 12.8 Å². The van der Waals surface area contributed by atoms with Gasteiger partial charge in [0, 0.05) is 17.7 Å². The summed E-state index contributed by atoms with van der Waals surface area (Å²) in [6.45, 7) is 0.600. The maximum Gasteiger partial charge on any atom is 0.180 e. The molecule has 0 radical (unpaired) electrons. The molecule has 0 aromatic heterocycles. The van der Waals surface area contributed by atoms with Crippen molar-refractivity contribution in [2.24, 2.45) is 23.2 Å². The molecule has 0 aliphatic heterocycles. The first-order valence-electron chi connectivity index (χ1n) is 9.45. The van der Waals surface area contributed by atoms with Gasteiger partial charge in [-0.1, -0.05) is 0 Å². The van der Waals surface area contributed by atoms with Crippen LogP contribution in [0.5, 0.6) is 5.75 Å². The number of hydrogen-bond donors (Lipinski definition) is 0. The molecular formula is C20H24FIO4S. The van der Waals surface area contributed by atoms with E-state index in [0.29, 0.717) is 15.9 Å². The van der Waals surface area contributed by atoms with Crippen molar-refractivity contribution in [3.8, 4) is 5.75 Å². The summed E-state index contributed by atoms with van der Waals surface area (Å²) >= 11 is 2.02. The van der Waals surface area contributed by atoms with Crippen LogP contribution in [0.3, 0.4) is 0 Å². The Hall–Kier alpha value is -0.700. The van der Waals surface area contributed by atoms with Crippen LogP contribution in [0.4, 0.5) is 4.39 Å². The van der Waals surface area contributed by atoms with Gasteiger partial charge in [0.05, 0.1) is 15.7 Å². The van der Waals surface area contributed by atoms with Crippen LogP contribution in [-0.2, 0) is 9.84 Å². The molecule has 0 amide bonds. The van der Waals surface area contributed by atoms with E-state index < -0.39 is 27.2 Å². The van der Waals surface area contributed by atoms with Crippen molar-refractivity contribution in [1.82, 2.24) is 0 Å². The molecule has 1 aromatic rings. The minimum Gasteiger partial charge on any atom is -0.492 e. The molecule has 5 rings (SSSR count). The molecule has 0 spiro atoms. The van der Waals surface area contributed by atoms with Crippen LogP contribution in [0.15, 0.2) is 12.1 Å². The number of halogens is 2. The molecule has 0 heterocycles. The Morgan fingerprint density at radius 3 is 2.26 bits per heavy atom. The third-order valence-corrected chi connectivity index (χ3v) is 8.04. The highest BCUT2D eigenvalue weighted by atomic mass is 127. The van der Waals surface area contributed by atoms with Gasteiger partial charge in [0.1, 0.15) is 17.3 Å². The number of Topliss-reactive ketones (excluding diaryl/α,β-unsaturated/α-hetero) is 1. The van der Waals surface area contributed by atoms with Crippen molar-refractivity contribution in [2.75, 3.05) is 18.6 Å². The van der Waals surface area contributed by atoms with Crippen LogP contribution in [-0.4, -0.2) is 32.8 Å². The highest BCUT2D eigenvalue weighted by molar-refractivity contribution is 14.1. The number of benzene rings is 1. The third-order valence-electron chi connectivity index (χ3n) is 6.41. The topological polar surface area (TPSA) is 60.4 Å². The molecule has 27 heavy (non-hydrogen) atoms. The quantitative estimate of drug-likeness (QED) is 0.428. The van der Waals surface area contributed by atoms with Gasteiger partial charge in [-0.2, -0.15) is 0 Å². The van der Waals surface area contributed by atoms with E-state index in [1.807, 2.05) is 22.6 Å². The zero-order valence-electron chi connectivity index (χ0n) is 15.3. The molecule has 4 nitrogen and oxygen atoms in total. The Balaban J connectivity index is 1.49. The van der Waals surface area contributed by atoms with E-state index in [1.165, 1.54) is 50.7 Å². The highest BCUT2D eigenvalue weighted by Crippen LogP contribution is 2.60. The maximum absolute atomic E-state index is 14.4. The predicted molar refractivity (Wildman–Crippen MR) is 109 cm³/mol. The van der Waals surface area contributed by atoms with E-state index in [-0.39, 0.29) is 11.0 Å². The molecule has 7 heteroatoms. The minimum absolute atomic E-state index is 0.188. The van der Waals surface area contributed by atoms with Gasteiger partial charge in [0.25, 0.3) is 0 Å². The molecule has 0 unspecified atom stereocenters. The molecule has 148 valence electrons. The average Bonchev–Trinajstić information content (AvgIpc) is 2.52. The normalized spacial score (nSPS) is 31.9. The number of rotatable bonds is 6. The first kappa shape index (κ1) is 19.6. The zero-order chi connectivity index (χ0) is 19.4. The van der Waals surface area contributed by atoms with Crippen LogP contribution in [0, 0.1) is 32.6 Å². The van der Waals surface area contributed by atoms with Crippen molar-refractivity contribution in [1.29, 1.82) is 0 Å². The first-order valence-corrected chi connectivity index (χ1v) is 12.6. The standard InChI is InChI=1S/C20H24FIO4S/c1-27(24,25)10-18(23)15-5-17(22)19(6-16(15)21)26-11-20-7-12-2-13(8-20)4-14(3-12)9-20/h5-6,12-14H,2-4,7-11H2,1H3. The Labute approximate surface area is 173 Å². The van der Waals surface area contributed by atoms with E-state index in [1.54, 1.807) is 0 Å². The Morgan fingerprint density at radius 2 is 1.74 bits per heavy atom. The second-order valence-electron chi connectivity index (χ2n) is 8.96. The van der Waals surface area contributed by atoms with Gasteiger partial charge in [-0.3, -0.25) is 4.79 Å². The fourth-order valence-electron chi connectivity index (χ4n) is 5.87. The van der Waals surface area contributed by atoms with Gasteiger partial charge < -0.3 is 4.74 Å². The van der Waals surface area contributed by atoms with E-state index in [0.717, 1.165) is 24.0 Å². The summed E-state index contributed by atoms with van der Waals surface area (Å²) in [6.07, 6.45) is 8.69. The molecule has 4 saturated carbocycles. The molecule has 0 N–H and O–H groups in total.